The highest BCUT2D eigenvalue weighted by atomic mass is 35.5. The number of benzene rings is 3. The molecule has 42 heavy (non-hydrogen) atoms. The van der Waals surface area contributed by atoms with Gasteiger partial charge in [-0.2, -0.15) is 0 Å². The van der Waals surface area contributed by atoms with E-state index in [-0.39, 0.29) is 6.04 Å². The largest absolute Gasteiger partial charge is 0.372 e. The van der Waals surface area contributed by atoms with Crippen LogP contribution in [0, 0.1) is 6.92 Å². The van der Waals surface area contributed by atoms with E-state index in [9.17, 15) is 9.90 Å². The van der Waals surface area contributed by atoms with Crippen molar-refractivity contribution in [1.29, 1.82) is 0 Å². The summed E-state index contributed by atoms with van der Waals surface area (Å²) in [6, 6.07) is 24.2. The van der Waals surface area contributed by atoms with E-state index in [1.54, 1.807) is 24.3 Å². The lowest BCUT2D eigenvalue weighted by molar-refractivity contribution is -0.137. The van der Waals surface area contributed by atoms with Gasteiger partial charge in [0.2, 0.25) is 0 Å². The molecule has 228 valence electrons. The van der Waals surface area contributed by atoms with Crippen molar-refractivity contribution in [3.8, 4) is 0 Å². The second kappa shape index (κ2) is 18.0. The maximum absolute atomic E-state index is 14.1. The number of hydrazine groups is 1. The molecular weight excluding hydrogens is 540 g/mol. The van der Waals surface area contributed by atoms with Crippen LogP contribution in [-0.2, 0) is 10.4 Å². The van der Waals surface area contributed by atoms with Crippen molar-refractivity contribution >= 4 is 23.2 Å². The van der Waals surface area contributed by atoms with Crippen LogP contribution in [0.2, 0.25) is 5.02 Å². The summed E-state index contributed by atoms with van der Waals surface area (Å²) in [6.45, 7) is 6.39. The summed E-state index contributed by atoms with van der Waals surface area (Å²) in [4.78, 5) is 14.1. The van der Waals surface area contributed by atoms with Crippen molar-refractivity contribution in [2.24, 2.45) is 0 Å². The van der Waals surface area contributed by atoms with Crippen molar-refractivity contribution in [3.05, 3.63) is 101 Å². The molecule has 4 nitrogen and oxygen atoms in total. The first-order valence-corrected chi connectivity index (χ1v) is 16.5. The van der Waals surface area contributed by atoms with Gasteiger partial charge in [-0.05, 0) is 48.6 Å². The number of aryl methyl sites for hydroxylation is 1. The Morgan fingerprint density at radius 1 is 0.786 bits per heavy atom. The topological polar surface area (TPSA) is 52.6 Å². The van der Waals surface area contributed by atoms with E-state index in [2.05, 4.69) is 19.3 Å². The van der Waals surface area contributed by atoms with Crippen molar-refractivity contribution in [1.82, 2.24) is 5.43 Å². The lowest BCUT2D eigenvalue weighted by Gasteiger charge is -2.37. The molecule has 0 aliphatic carbocycles. The van der Waals surface area contributed by atoms with Gasteiger partial charge < -0.3 is 5.11 Å². The summed E-state index contributed by atoms with van der Waals surface area (Å²) >= 11 is 6.56. The molecule has 0 aliphatic heterocycles. The summed E-state index contributed by atoms with van der Waals surface area (Å²) < 4.78 is 0. The summed E-state index contributed by atoms with van der Waals surface area (Å²) in [7, 11) is 0. The molecule has 0 heterocycles. The average Bonchev–Trinajstić information content (AvgIpc) is 3.02. The molecule has 3 rings (SSSR count). The molecule has 0 saturated heterocycles. The number of amides is 1. The van der Waals surface area contributed by atoms with Crippen molar-refractivity contribution in [2.45, 2.75) is 116 Å². The first-order valence-electron chi connectivity index (χ1n) is 16.1. The van der Waals surface area contributed by atoms with Gasteiger partial charge in [0.05, 0.1) is 11.7 Å². The number of anilines is 1. The fourth-order valence-electron chi connectivity index (χ4n) is 5.64. The average molecular weight is 591 g/mol. The highest BCUT2D eigenvalue weighted by Gasteiger charge is 2.41. The van der Waals surface area contributed by atoms with E-state index in [1.165, 1.54) is 64.2 Å². The Bertz CT molecular complexity index is 1150. The monoisotopic (exact) mass is 590 g/mol. The quantitative estimate of drug-likeness (QED) is 0.108. The Balaban J connectivity index is 1.72. The van der Waals surface area contributed by atoms with E-state index in [1.807, 2.05) is 66.5 Å². The zero-order valence-electron chi connectivity index (χ0n) is 26.0. The van der Waals surface area contributed by atoms with E-state index in [0.29, 0.717) is 16.1 Å². The van der Waals surface area contributed by atoms with Crippen molar-refractivity contribution in [3.63, 3.8) is 0 Å². The van der Waals surface area contributed by atoms with Crippen LogP contribution >= 0.6 is 11.6 Å². The number of carbonyl (C=O) groups is 1. The number of rotatable bonds is 19. The molecule has 0 aromatic heterocycles. The van der Waals surface area contributed by atoms with Crippen LogP contribution in [0.1, 0.15) is 114 Å². The normalized spacial score (nSPS) is 12.2. The zero-order valence-corrected chi connectivity index (χ0v) is 26.7. The molecule has 1 unspecified atom stereocenters. The van der Waals surface area contributed by atoms with Gasteiger partial charge in [-0.1, -0.05) is 163 Å². The molecule has 1 amide bonds. The minimum atomic E-state index is -1.86. The second-order valence-electron chi connectivity index (χ2n) is 11.6. The predicted molar refractivity (Wildman–Crippen MR) is 178 cm³/mol. The standard InChI is InChI=1S/C37H51ClN2O2/c1-4-6-7-8-9-10-11-12-13-14-21-26-33(5-2)40(34-28-27-30(3)35(38)29-34)39-36(41)37(42,31-22-17-15-18-23-31)32-24-19-16-20-25-32/h15-20,22-25,27-29,33,42H,4-14,21,26H2,1-3H3,(H,39,41). The molecule has 0 radical (unpaired) electrons. The molecule has 3 aromatic rings. The second-order valence-corrected chi connectivity index (χ2v) is 12.0. The van der Waals surface area contributed by atoms with Crippen LogP contribution in [0.5, 0.6) is 0 Å². The molecule has 0 bridgehead atoms. The summed E-state index contributed by atoms with van der Waals surface area (Å²) in [5.41, 5.74) is 4.13. The maximum Gasteiger partial charge on any atom is 0.279 e. The van der Waals surface area contributed by atoms with E-state index < -0.39 is 11.5 Å². The van der Waals surface area contributed by atoms with Gasteiger partial charge >= 0.3 is 0 Å². The number of nitrogens with one attached hydrogen (secondary N) is 1. The van der Waals surface area contributed by atoms with E-state index in [4.69, 9.17) is 11.6 Å². The van der Waals surface area contributed by atoms with Gasteiger partial charge in [-0.15, -0.1) is 0 Å². The highest BCUT2D eigenvalue weighted by molar-refractivity contribution is 6.31. The molecule has 5 heteroatoms. The number of carbonyl (C=O) groups excluding carboxylic acids is 1. The van der Waals surface area contributed by atoms with Gasteiger partial charge in [0.15, 0.2) is 5.60 Å². The summed E-state index contributed by atoms with van der Waals surface area (Å²) in [5, 5.41) is 14.7. The van der Waals surface area contributed by atoms with Gasteiger partial charge in [-0.3, -0.25) is 15.2 Å². The fourth-order valence-corrected chi connectivity index (χ4v) is 5.81. The maximum atomic E-state index is 14.1. The molecule has 3 aromatic carbocycles. The highest BCUT2D eigenvalue weighted by Crippen LogP contribution is 2.32. The minimum absolute atomic E-state index is 0.0575. The SMILES string of the molecule is CCCCCCCCCCCCCC(CC)N(NC(=O)C(O)(c1ccccc1)c1ccccc1)c1ccc(C)c(Cl)c1. The van der Waals surface area contributed by atoms with E-state index in [0.717, 1.165) is 30.5 Å². The molecule has 2 N–H and O–H groups in total. The van der Waals surface area contributed by atoms with Crippen LogP contribution in [0.15, 0.2) is 78.9 Å². The Morgan fingerprint density at radius 3 is 1.76 bits per heavy atom. The third-order valence-electron chi connectivity index (χ3n) is 8.34. The Labute approximate surface area is 259 Å². The molecule has 0 fully saturated rings. The number of halogens is 1. The Kier molecular flexibility index (Phi) is 14.4. The van der Waals surface area contributed by atoms with Gasteiger partial charge in [0.25, 0.3) is 5.91 Å². The summed E-state index contributed by atoms with van der Waals surface area (Å²) in [6.07, 6.45) is 16.0. The third kappa shape index (κ3) is 9.61. The van der Waals surface area contributed by atoms with Gasteiger partial charge in [0.1, 0.15) is 0 Å². The minimum Gasteiger partial charge on any atom is -0.372 e. The number of aliphatic hydroxyl groups is 1. The summed E-state index contributed by atoms with van der Waals surface area (Å²) in [5.74, 6) is -0.492. The van der Waals surface area contributed by atoms with Gasteiger partial charge in [-0.25, -0.2) is 0 Å². The number of nitrogens with zero attached hydrogens (tertiary/aromatic N) is 1. The van der Waals surface area contributed by atoms with Gasteiger partial charge in [0, 0.05) is 5.02 Å². The number of hydrogen-bond donors (Lipinski definition) is 2. The zero-order chi connectivity index (χ0) is 30.2. The smallest absolute Gasteiger partial charge is 0.279 e. The predicted octanol–water partition coefficient (Wildman–Crippen LogP) is 9.90. The Morgan fingerprint density at radius 2 is 1.29 bits per heavy atom. The third-order valence-corrected chi connectivity index (χ3v) is 8.75. The number of unbranched alkanes of at least 4 members (excludes halogenated alkanes) is 10. The molecule has 0 saturated carbocycles. The van der Waals surface area contributed by atoms with Crippen molar-refractivity contribution in [2.75, 3.05) is 5.01 Å². The lowest BCUT2D eigenvalue weighted by Crippen LogP contribution is -2.55. The first kappa shape index (κ1) is 33.7. The van der Waals surface area contributed by atoms with Crippen LogP contribution in [0.4, 0.5) is 5.69 Å². The van der Waals surface area contributed by atoms with Crippen LogP contribution in [0.3, 0.4) is 0 Å². The molecule has 0 spiro atoms. The molecule has 0 aliphatic rings. The fraction of sp³-hybridized carbons (Fsp3) is 0.486. The lowest BCUT2D eigenvalue weighted by atomic mass is 9.85. The number of hydrogen-bond acceptors (Lipinski definition) is 3. The molecule has 1 atom stereocenters. The van der Waals surface area contributed by atoms with E-state index >= 15 is 0 Å². The first-order chi connectivity index (χ1) is 20.4. The van der Waals surface area contributed by atoms with Crippen LogP contribution < -0.4 is 10.4 Å². The van der Waals surface area contributed by atoms with Crippen molar-refractivity contribution < 1.29 is 9.90 Å². The van der Waals surface area contributed by atoms with Crippen LogP contribution in [0.25, 0.3) is 0 Å². The van der Waals surface area contributed by atoms with Crippen LogP contribution in [-0.4, -0.2) is 17.1 Å². The Hall–Kier alpha value is -2.82. The molecular formula is C37H51ClN2O2.